The Hall–Kier alpha value is -1.85. The van der Waals surface area contributed by atoms with E-state index in [4.69, 9.17) is 27.9 Å². The number of rotatable bonds is 2. The third-order valence-electron chi connectivity index (χ3n) is 2.67. The van der Waals surface area contributed by atoms with Crippen LogP contribution in [0.2, 0.25) is 10.4 Å². The van der Waals surface area contributed by atoms with Crippen molar-refractivity contribution in [1.82, 2.24) is 19.7 Å². The van der Waals surface area contributed by atoms with Crippen LogP contribution in [0.15, 0.2) is 30.5 Å². The van der Waals surface area contributed by atoms with Crippen molar-refractivity contribution < 1.29 is 4.74 Å². The molecule has 3 rings (SSSR count). The number of nitrogens with zero attached hydrogens (tertiary/aromatic N) is 4. The Morgan fingerprint density at radius 2 is 1.95 bits per heavy atom. The molecular formula is C12H8Cl2N4O. The maximum Gasteiger partial charge on any atom is 0.225 e. The SMILES string of the molecule is COc1ccccc1-n1ncc2c(Cl)nc(Cl)nc21. The first-order valence-electron chi connectivity index (χ1n) is 5.41. The predicted octanol–water partition coefficient (Wildman–Crippen LogP) is 3.13. The first-order valence-corrected chi connectivity index (χ1v) is 6.16. The maximum atomic E-state index is 6.02. The number of hydrogen-bond donors (Lipinski definition) is 0. The van der Waals surface area contributed by atoms with Gasteiger partial charge in [0.15, 0.2) is 5.65 Å². The van der Waals surface area contributed by atoms with E-state index in [9.17, 15) is 0 Å². The van der Waals surface area contributed by atoms with Gasteiger partial charge < -0.3 is 4.74 Å². The fourth-order valence-corrected chi connectivity index (χ4v) is 2.25. The lowest BCUT2D eigenvalue weighted by Crippen LogP contribution is -2.01. The third-order valence-corrected chi connectivity index (χ3v) is 3.13. The monoisotopic (exact) mass is 294 g/mol. The second-order valence-corrected chi connectivity index (χ2v) is 4.45. The van der Waals surface area contributed by atoms with Gasteiger partial charge in [0, 0.05) is 0 Å². The lowest BCUT2D eigenvalue weighted by Gasteiger charge is -2.08. The Morgan fingerprint density at radius 1 is 1.16 bits per heavy atom. The summed E-state index contributed by atoms with van der Waals surface area (Å²) in [7, 11) is 1.60. The highest BCUT2D eigenvalue weighted by Gasteiger charge is 2.14. The van der Waals surface area contributed by atoms with Crippen LogP contribution in [0.5, 0.6) is 5.75 Å². The van der Waals surface area contributed by atoms with Crippen molar-refractivity contribution in [3.8, 4) is 11.4 Å². The minimum atomic E-state index is 0.0779. The second kappa shape index (κ2) is 4.68. The van der Waals surface area contributed by atoms with E-state index >= 15 is 0 Å². The Labute approximate surface area is 118 Å². The summed E-state index contributed by atoms with van der Waals surface area (Å²) in [5.41, 5.74) is 1.29. The van der Waals surface area contributed by atoms with Gasteiger partial charge in [-0.05, 0) is 23.7 Å². The Bertz CT molecular complexity index is 757. The van der Waals surface area contributed by atoms with Crippen LogP contribution in [0.25, 0.3) is 16.7 Å². The first-order chi connectivity index (χ1) is 9.20. The highest BCUT2D eigenvalue weighted by Crippen LogP contribution is 2.27. The van der Waals surface area contributed by atoms with Gasteiger partial charge >= 0.3 is 0 Å². The van der Waals surface area contributed by atoms with Crippen molar-refractivity contribution in [1.29, 1.82) is 0 Å². The van der Waals surface area contributed by atoms with Crippen molar-refractivity contribution in [3.63, 3.8) is 0 Å². The summed E-state index contributed by atoms with van der Waals surface area (Å²) in [6.07, 6.45) is 1.60. The summed E-state index contributed by atoms with van der Waals surface area (Å²) in [5.74, 6) is 0.679. The number of fused-ring (bicyclic) bond motifs is 1. The van der Waals surface area contributed by atoms with E-state index in [0.717, 1.165) is 5.69 Å². The molecule has 0 saturated carbocycles. The summed E-state index contributed by atoms with van der Waals surface area (Å²) >= 11 is 11.9. The van der Waals surface area contributed by atoms with Crippen LogP contribution in [0.4, 0.5) is 0 Å². The molecule has 5 nitrogen and oxygen atoms in total. The molecule has 2 heterocycles. The minimum Gasteiger partial charge on any atom is -0.494 e. The van der Waals surface area contributed by atoms with E-state index in [2.05, 4.69) is 15.1 Å². The molecule has 19 heavy (non-hydrogen) atoms. The lowest BCUT2D eigenvalue weighted by molar-refractivity contribution is 0.412. The van der Waals surface area contributed by atoms with Gasteiger partial charge in [-0.2, -0.15) is 10.1 Å². The molecule has 0 fully saturated rings. The molecular weight excluding hydrogens is 287 g/mol. The van der Waals surface area contributed by atoms with Gasteiger partial charge in [-0.25, -0.2) is 9.67 Å². The van der Waals surface area contributed by atoms with Gasteiger partial charge in [0.05, 0.1) is 18.7 Å². The van der Waals surface area contributed by atoms with Crippen molar-refractivity contribution in [2.45, 2.75) is 0 Å². The smallest absolute Gasteiger partial charge is 0.225 e. The summed E-state index contributed by atoms with van der Waals surface area (Å²) < 4.78 is 6.93. The highest BCUT2D eigenvalue weighted by molar-refractivity contribution is 6.35. The van der Waals surface area contributed by atoms with Gasteiger partial charge in [0.25, 0.3) is 0 Å². The predicted molar refractivity (Wildman–Crippen MR) is 73.2 cm³/mol. The molecule has 0 aliphatic carbocycles. The maximum absolute atomic E-state index is 6.02. The normalized spacial score (nSPS) is 10.9. The third kappa shape index (κ3) is 2.01. The average Bonchev–Trinajstić information content (AvgIpc) is 2.82. The van der Waals surface area contributed by atoms with Gasteiger partial charge in [-0.3, -0.25) is 0 Å². The number of ether oxygens (including phenoxy) is 1. The van der Waals surface area contributed by atoms with Crippen LogP contribution < -0.4 is 4.74 Å². The molecule has 0 bridgehead atoms. The van der Waals surface area contributed by atoms with Crippen LogP contribution in [-0.4, -0.2) is 26.9 Å². The lowest BCUT2D eigenvalue weighted by atomic mass is 10.3. The molecule has 0 atom stereocenters. The fraction of sp³-hybridized carbons (Fsp3) is 0.0833. The van der Waals surface area contributed by atoms with E-state index in [-0.39, 0.29) is 10.4 Å². The van der Waals surface area contributed by atoms with Crippen LogP contribution in [0, 0.1) is 0 Å². The van der Waals surface area contributed by atoms with E-state index in [1.54, 1.807) is 18.0 Å². The molecule has 7 heteroatoms. The van der Waals surface area contributed by atoms with Gasteiger partial charge in [0.2, 0.25) is 5.28 Å². The number of hydrogen-bond acceptors (Lipinski definition) is 4. The molecule has 2 aromatic heterocycles. The largest absolute Gasteiger partial charge is 0.494 e. The summed E-state index contributed by atoms with van der Waals surface area (Å²) in [6, 6.07) is 7.47. The van der Waals surface area contributed by atoms with Crippen LogP contribution >= 0.6 is 23.2 Å². The molecule has 1 aromatic carbocycles. The highest BCUT2D eigenvalue weighted by atomic mass is 35.5. The second-order valence-electron chi connectivity index (χ2n) is 3.75. The van der Waals surface area contributed by atoms with Crippen molar-refractivity contribution in [3.05, 3.63) is 40.9 Å². The number of benzene rings is 1. The molecule has 0 unspecified atom stereocenters. The zero-order chi connectivity index (χ0) is 13.4. The zero-order valence-electron chi connectivity index (χ0n) is 9.84. The quantitative estimate of drug-likeness (QED) is 0.538. The number of methoxy groups -OCH3 is 1. The van der Waals surface area contributed by atoms with Crippen molar-refractivity contribution in [2.75, 3.05) is 7.11 Å². The van der Waals surface area contributed by atoms with E-state index in [0.29, 0.717) is 16.8 Å². The fourth-order valence-electron chi connectivity index (χ4n) is 1.83. The topological polar surface area (TPSA) is 52.8 Å². The number of aromatic nitrogens is 4. The van der Waals surface area contributed by atoms with Gasteiger partial charge in [0.1, 0.15) is 16.6 Å². The zero-order valence-corrected chi connectivity index (χ0v) is 11.4. The Kier molecular flexibility index (Phi) is 3.00. The first kappa shape index (κ1) is 12.2. The summed E-state index contributed by atoms with van der Waals surface area (Å²) in [6.45, 7) is 0. The van der Waals surface area contributed by atoms with Crippen molar-refractivity contribution in [2.24, 2.45) is 0 Å². The summed E-state index contributed by atoms with van der Waals surface area (Å²) in [4.78, 5) is 8.05. The van der Waals surface area contributed by atoms with Crippen LogP contribution in [0.3, 0.4) is 0 Å². The molecule has 96 valence electrons. The van der Waals surface area contributed by atoms with Crippen LogP contribution in [-0.2, 0) is 0 Å². The summed E-state index contributed by atoms with van der Waals surface area (Å²) in [5, 5.41) is 5.26. The molecule has 0 N–H and O–H groups in total. The average molecular weight is 295 g/mol. The van der Waals surface area contributed by atoms with E-state index in [1.165, 1.54) is 0 Å². The molecule has 0 spiro atoms. The Morgan fingerprint density at radius 3 is 2.74 bits per heavy atom. The number of halogens is 2. The van der Waals surface area contributed by atoms with E-state index < -0.39 is 0 Å². The van der Waals surface area contributed by atoms with Crippen molar-refractivity contribution >= 4 is 34.2 Å². The molecule has 3 aromatic rings. The number of para-hydroxylation sites is 2. The standard InChI is InChI=1S/C12H8Cl2N4O/c1-19-9-5-3-2-4-8(9)18-11-7(6-15-18)10(13)16-12(14)17-11/h2-6H,1H3. The van der Waals surface area contributed by atoms with E-state index in [1.807, 2.05) is 24.3 Å². The Balaban J connectivity index is 2.31. The molecule has 0 aliphatic rings. The van der Waals surface area contributed by atoms with Crippen LogP contribution in [0.1, 0.15) is 0 Å². The molecule has 0 amide bonds. The molecule has 0 saturated heterocycles. The minimum absolute atomic E-state index is 0.0779. The van der Waals surface area contributed by atoms with Gasteiger partial charge in [-0.15, -0.1) is 0 Å². The molecule has 0 radical (unpaired) electrons. The van der Waals surface area contributed by atoms with Gasteiger partial charge in [-0.1, -0.05) is 23.7 Å². The molecule has 0 aliphatic heterocycles.